The van der Waals surface area contributed by atoms with Crippen LogP contribution in [0.15, 0.2) is 35.3 Å². The van der Waals surface area contributed by atoms with Gasteiger partial charge in [-0.1, -0.05) is 51.1 Å². The molecule has 2 atom stereocenters. The van der Waals surface area contributed by atoms with Crippen LogP contribution in [0.5, 0.6) is 0 Å². The summed E-state index contributed by atoms with van der Waals surface area (Å²) in [4.78, 5) is 16.1. The maximum absolute atomic E-state index is 11.5. The molecule has 0 aromatic heterocycles. The Morgan fingerprint density at radius 3 is 2.28 bits per heavy atom. The average Bonchev–Trinajstić information content (AvgIpc) is 2.58. The number of hydrogen-bond donors (Lipinski definition) is 3. The summed E-state index contributed by atoms with van der Waals surface area (Å²) in [6.45, 7) is 12.1. The highest BCUT2D eigenvalue weighted by Crippen LogP contribution is 2.18. The Bertz CT molecular complexity index is 519. The number of aliphatic imine (C=N–C) groups is 1. The van der Waals surface area contributed by atoms with Gasteiger partial charge in [0.05, 0.1) is 6.54 Å². The molecule has 0 aliphatic heterocycles. The number of carbonyl (C=O) groups excluding carboxylic acids is 1. The fraction of sp³-hybridized carbons (Fsp3) is 0.579. The van der Waals surface area contributed by atoms with E-state index in [1.165, 1.54) is 5.56 Å². The van der Waals surface area contributed by atoms with Gasteiger partial charge in [0, 0.05) is 31.0 Å². The van der Waals surface area contributed by atoms with E-state index in [1.54, 1.807) is 0 Å². The molecule has 0 saturated heterocycles. The van der Waals surface area contributed by atoms with Crippen molar-refractivity contribution in [2.45, 2.75) is 46.6 Å². The van der Waals surface area contributed by atoms with Gasteiger partial charge >= 0.3 is 0 Å². The van der Waals surface area contributed by atoms with Crippen molar-refractivity contribution in [1.82, 2.24) is 16.0 Å². The van der Waals surface area contributed by atoms with Gasteiger partial charge in [-0.2, -0.15) is 0 Å². The lowest BCUT2D eigenvalue weighted by molar-refractivity contribution is -0.123. The predicted octanol–water partition coefficient (Wildman–Crippen LogP) is 3.12. The molecule has 5 nitrogen and oxygen atoms in total. The lowest BCUT2D eigenvalue weighted by Gasteiger charge is -2.24. The maximum atomic E-state index is 11.5. The molecule has 1 aromatic rings. The van der Waals surface area contributed by atoms with Crippen LogP contribution in [0.25, 0.3) is 0 Å². The van der Waals surface area contributed by atoms with Crippen LogP contribution in [0.4, 0.5) is 0 Å². The summed E-state index contributed by atoms with van der Waals surface area (Å²) >= 11 is 0. The van der Waals surface area contributed by atoms with E-state index < -0.39 is 0 Å². The van der Waals surface area contributed by atoms with E-state index in [0.29, 0.717) is 19.0 Å². The first-order chi connectivity index (χ1) is 11.5. The van der Waals surface area contributed by atoms with Crippen molar-refractivity contribution in [3.8, 4) is 0 Å². The molecular weight excluding hydrogens is 427 g/mol. The number of rotatable bonds is 8. The maximum Gasteiger partial charge on any atom is 0.222 e. The molecule has 0 aliphatic carbocycles. The quantitative estimate of drug-likeness (QED) is 0.242. The van der Waals surface area contributed by atoms with E-state index in [-0.39, 0.29) is 41.8 Å². The molecule has 0 saturated carbocycles. The number of nitrogens with one attached hydrogen (secondary N) is 3. The van der Waals surface area contributed by atoms with Crippen LogP contribution in [0.1, 0.15) is 46.1 Å². The lowest BCUT2D eigenvalue weighted by Crippen LogP contribution is -2.44. The van der Waals surface area contributed by atoms with E-state index in [4.69, 9.17) is 0 Å². The van der Waals surface area contributed by atoms with Crippen LogP contribution in [0, 0.1) is 5.92 Å². The van der Waals surface area contributed by atoms with Gasteiger partial charge in [-0.05, 0) is 19.4 Å². The predicted molar refractivity (Wildman–Crippen MR) is 117 cm³/mol. The minimum absolute atomic E-state index is 0. The van der Waals surface area contributed by atoms with Crippen molar-refractivity contribution in [3.05, 3.63) is 35.9 Å². The summed E-state index contributed by atoms with van der Waals surface area (Å²) in [7, 11) is 0. The normalized spacial score (nSPS) is 13.6. The van der Waals surface area contributed by atoms with Gasteiger partial charge in [-0.25, -0.2) is 0 Å². The van der Waals surface area contributed by atoms with Crippen LogP contribution in [0.2, 0.25) is 0 Å². The highest BCUT2D eigenvalue weighted by molar-refractivity contribution is 14.0. The van der Waals surface area contributed by atoms with Crippen LogP contribution in [-0.2, 0) is 4.79 Å². The largest absolute Gasteiger partial charge is 0.357 e. The second-order valence-corrected chi connectivity index (χ2v) is 6.34. The molecular formula is C19H33IN4O. The first-order valence-corrected chi connectivity index (χ1v) is 8.83. The molecule has 3 N–H and O–H groups in total. The highest BCUT2D eigenvalue weighted by Gasteiger charge is 2.15. The molecule has 6 heteroatoms. The number of carbonyl (C=O) groups is 1. The molecule has 0 bridgehead atoms. The zero-order valence-electron chi connectivity index (χ0n) is 16.0. The van der Waals surface area contributed by atoms with E-state index in [2.05, 4.69) is 59.1 Å². The fourth-order valence-corrected chi connectivity index (χ4v) is 2.26. The molecule has 142 valence electrons. The number of benzene rings is 1. The summed E-state index contributed by atoms with van der Waals surface area (Å²) in [5.74, 6) is 1.23. The third kappa shape index (κ3) is 9.09. The van der Waals surface area contributed by atoms with Crippen LogP contribution < -0.4 is 16.0 Å². The number of amides is 1. The summed E-state index contributed by atoms with van der Waals surface area (Å²) in [6.07, 6.45) is 0. The lowest BCUT2D eigenvalue weighted by atomic mass is 9.94. The first kappa shape index (κ1) is 23.7. The van der Waals surface area contributed by atoms with Gasteiger partial charge in [0.1, 0.15) is 0 Å². The van der Waals surface area contributed by atoms with Crippen molar-refractivity contribution < 1.29 is 4.79 Å². The molecule has 0 spiro atoms. The third-order valence-electron chi connectivity index (χ3n) is 3.99. The number of halogens is 1. The average molecular weight is 460 g/mol. The monoisotopic (exact) mass is 460 g/mol. The Balaban J connectivity index is 0.00000576. The molecule has 2 unspecified atom stereocenters. The van der Waals surface area contributed by atoms with Crippen molar-refractivity contribution in [3.63, 3.8) is 0 Å². The Morgan fingerprint density at radius 2 is 1.72 bits per heavy atom. The van der Waals surface area contributed by atoms with E-state index in [9.17, 15) is 4.79 Å². The summed E-state index contributed by atoms with van der Waals surface area (Å²) in [5.41, 5.74) is 1.30. The smallest absolute Gasteiger partial charge is 0.222 e. The van der Waals surface area contributed by atoms with E-state index in [0.717, 1.165) is 12.5 Å². The van der Waals surface area contributed by atoms with Gasteiger partial charge in [-0.3, -0.25) is 9.79 Å². The van der Waals surface area contributed by atoms with Crippen LogP contribution in [0.3, 0.4) is 0 Å². The minimum Gasteiger partial charge on any atom is -0.357 e. The second-order valence-electron chi connectivity index (χ2n) is 6.34. The fourth-order valence-electron chi connectivity index (χ4n) is 2.26. The number of hydrogen-bond acceptors (Lipinski definition) is 2. The zero-order valence-corrected chi connectivity index (χ0v) is 18.3. The summed E-state index contributed by atoms with van der Waals surface area (Å²) < 4.78 is 0. The Kier molecular flexibility index (Phi) is 12.3. The van der Waals surface area contributed by atoms with Gasteiger partial charge < -0.3 is 16.0 Å². The zero-order chi connectivity index (χ0) is 17.9. The Morgan fingerprint density at radius 1 is 1.08 bits per heavy atom. The number of nitrogens with zero attached hydrogens (tertiary/aromatic N) is 1. The highest BCUT2D eigenvalue weighted by atomic mass is 127. The van der Waals surface area contributed by atoms with Crippen molar-refractivity contribution >= 4 is 35.8 Å². The second kappa shape index (κ2) is 13.0. The van der Waals surface area contributed by atoms with Crippen molar-refractivity contribution in [2.24, 2.45) is 10.9 Å². The SMILES string of the molecule is CCNC(=NCCNC(=O)C(C)C)NC(C)C(C)c1ccccc1.I. The van der Waals surface area contributed by atoms with Crippen molar-refractivity contribution in [2.75, 3.05) is 19.6 Å². The van der Waals surface area contributed by atoms with Gasteiger partial charge in [0.2, 0.25) is 5.91 Å². The van der Waals surface area contributed by atoms with Crippen LogP contribution >= 0.6 is 24.0 Å². The van der Waals surface area contributed by atoms with Crippen molar-refractivity contribution in [1.29, 1.82) is 0 Å². The van der Waals surface area contributed by atoms with Gasteiger partial charge in [0.15, 0.2) is 5.96 Å². The molecule has 1 rings (SSSR count). The molecule has 1 amide bonds. The molecule has 0 radical (unpaired) electrons. The molecule has 0 fully saturated rings. The topological polar surface area (TPSA) is 65.5 Å². The molecule has 0 aliphatic rings. The van der Waals surface area contributed by atoms with Gasteiger partial charge in [0.25, 0.3) is 0 Å². The Hall–Kier alpha value is -1.31. The summed E-state index contributed by atoms with van der Waals surface area (Å²) in [5, 5.41) is 9.59. The van der Waals surface area contributed by atoms with E-state index >= 15 is 0 Å². The minimum atomic E-state index is 0. The van der Waals surface area contributed by atoms with Gasteiger partial charge in [-0.15, -0.1) is 24.0 Å². The number of guanidine groups is 1. The standard InChI is InChI=1S/C19H32N4O.HI/c1-6-20-19(22-13-12-21-18(24)14(2)3)23-16(5)15(4)17-10-8-7-9-11-17;/h7-11,14-16H,6,12-13H2,1-5H3,(H,21,24)(H2,20,22,23);1H. The molecule has 0 heterocycles. The first-order valence-electron chi connectivity index (χ1n) is 8.83. The Labute approximate surface area is 169 Å². The summed E-state index contributed by atoms with van der Waals surface area (Å²) in [6, 6.07) is 10.7. The third-order valence-corrected chi connectivity index (χ3v) is 3.99. The molecule has 25 heavy (non-hydrogen) atoms. The molecule has 1 aromatic carbocycles. The van der Waals surface area contributed by atoms with E-state index in [1.807, 2.05) is 26.8 Å². The van der Waals surface area contributed by atoms with Crippen LogP contribution in [-0.4, -0.2) is 37.5 Å².